The molecule has 3 N–H and O–H groups in total. The number of ether oxygens (including phenoxy) is 1. The largest absolute Gasteiger partial charge is 0.482 e. The van der Waals surface area contributed by atoms with Crippen LogP contribution in [-0.2, 0) is 4.79 Å². The van der Waals surface area contributed by atoms with E-state index in [1.54, 1.807) is 18.2 Å². The maximum absolute atomic E-state index is 12.5. The Hall–Kier alpha value is -1.88. The number of benzene rings is 1. The maximum atomic E-state index is 12.5. The fourth-order valence-corrected chi connectivity index (χ4v) is 2.66. The van der Waals surface area contributed by atoms with Gasteiger partial charge in [-0.15, -0.1) is 0 Å². The van der Waals surface area contributed by atoms with Gasteiger partial charge in [0, 0.05) is 17.5 Å². The number of nitrogens with two attached hydrogens (primary N) is 1. The number of hydrogen-bond donors (Lipinski definition) is 2. The average molecular weight is 260 g/mol. The van der Waals surface area contributed by atoms with Gasteiger partial charge in [0.2, 0.25) is 0 Å². The second-order valence-electron chi connectivity index (χ2n) is 5.21. The summed E-state index contributed by atoms with van der Waals surface area (Å²) in [6.45, 7) is 0.402. The number of carbonyl (C=O) groups excluding carboxylic acids is 2. The van der Waals surface area contributed by atoms with Gasteiger partial charge in [-0.2, -0.15) is 0 Å². The van der Waals surface area contributed by atoms with Crippen LogP contribution in [0.1, 0.15) is 29.6 Å². The van der Waals surface area contributed by atoms with Crippen LogP contribution in [0.2, 0.25) is 0 Å². The fraction of sp³-hybridized carbons (Fsp3) is 0.429. The Balaban J connectivity index is 1.91. The van der Waals surface area contributed by atoms with E-state index >= 15 is 0 Å². The lowest BCUT2D eigenvalue weighted by atomic mass is 9.64. The van der Waals surface area contributed by atoms with Crippen LogP contribution >= 0.6 is 0 Å². The topological polar surface area (TPSA) is 81.4 Å². The zero-order valence-electron chi connectivity index (χ0n) is 10.6. The second kappa shape index (κ2) is 4.35. The molecule has 1 aromatic rings. The number of rotatable bonds is 3. The van der Waals surface area contributed by atoms with E-state index in [1.807, 2.05) is 0 Å². The Morgan fingerprint density at radius 2 is 2.21 bits per heavy atom. The minimum Gasteiger partial charge on any atom is -0.482 e. The number of ketones is 1. The molecule has 0 spiro atoms. The third kappa shape index (κ3) is 1.90. The number of fused-ring (bicyclic) bond motifs is 1. The van der Waals surface area contributed by atoms with Crippen molar-refractivity contribution < 1.29 is 14.3 Å². The van der Waals surface area contributed by atoms with Crippen LogP contribution in [0.25, 0.3) is 0 Å². The monoisotopic (exact) mass is 260 g/mol. The fourth-order valence-electron chi connectivity index (χ4n) is 2.66. The summed E-state index contributed by atoms with van der Waals surface area (Å²) in [4.78, 5) is 23.8. The molecule has 1 aliphatic heterocycles. The van der Waals surface area contributed by atoms with E-state index in [2.05, 4.69) is 5.32 Å². The molecular formula is C14H16N2O3. The first kappa shape index (κ1) is 12.2. The summed E-state index contributed by atoms with van der Waals surface area (Å²) in [5, 5.41) is 2.71. The molecule has 0 bridgehead atoms. The van der Waals surface area contributed by atoms with Crippen LogP contribution in [-0.4, -0.2) is 24.8 Å². The average Bonchev–Trinajstić information content (AvgIpc) is 2.37. The molecule has 1 aliphatic carbocycles. The second-order valence-corrected chi connectivity index (χ2v) is 5.21. The van der Waals surface area contributed by atoms with Crippen molar-refractivity contribution in [2.75, 3.05) is 18.5 Å². The molecule has 1 amide bonds. The third-order valence-electron chi connectivity index (χ3n) is 4.06. The van der Waals surface area contributed by atoms with Gasteiger partial charge < -0.3 is 15.8 Å². The van der Waals surface area contributed by atoms with Crippen LogP contribution in [0.15, 0.2) is 18.2 Å². The molecule has 0 saturated heterocycles. The normalized spacial score (nSPS) is 19.7. The van der Waals surface area contributed by atoms with Gasteiger partial charge in [0.1, 0.15) is 5.75 Å². The predicted molar refractivity (Wildman–Crippen MR) is 70.2 cm³/mol. The minimum atomic E-state index is -0.395. The molecule has 100 valence electrons. The highest BCUT2D eigenvalue weighted by atomic mass is 16.5. The molecule has 5 heteroatoms. The van der Waals surface area contributed by atoms with Gasteiger partial charge in [-0.25, -0.2) is 0 Å². The number of hydrogen-bond acceptors (Lipinski definition) is 4. The summed E-state index contributed by atoms with van der Waals surface area (Å²) < 4.78 is 5.27. The molecule has 0 atom stereocenters. The van der Waals surface area contributed by atoms with Crippen molar-refractivity contribution in [1.82, 2.24) is 0 Å². The van der Waals surface area contributed by atoms with Crippen molar-refractivity contribution >= 4 is 17.4 Å². The van der Waals surface area contributed by atoms with Crippen molar-refractivity contribution in [3.05, 3.63) is 23.8 Å². The van der Waals surface area contributed by atoms with Crippen LogP contribution < -0.4 is 15.8 Å². The lowest BCUT2D eigenvalue weighted by Gasteiger charge is -2.39. The van der Waals surface area contributed by atoms with Crippen molar-refractivity contribution in [2.24, 2.45) is 11.1 Å². The molecule has 0 radical (unpaired) electrons. The lowest BCUT2D eigenvalue weighted by molar-refractivity contribution is -0.118. The van der Waals surface area contributed by atoms with Crippen molar-refractivity contribution in [3.8, 4) is 5.75 Å². The Morgan fingerprint density at radius 3 is 2.84 bits per heavy atom. The third-order valence-corrected chi connectivity index (χ3v) is 4.06. The van der Waals surface area contributed by atoms with E-state index in [9.17, 15) is 9.59 Å². The van der Waals surface area contributed by atoms with Crippen LogP contribution in [0, 0.1) is 5.41 Å². The van der Waals surface area contributed by atoms with Crippen LogP contribution in [0.5, 0.6) is 5.75 Å². The molecule has 0 unspecified atom stereocenters. The minimum absolute atomic E-state index is 0.0209. The van der Waals surface area contributed by atoms with Crippen molar-refractivity contribution in [3.63, 3.8) is 0 Å². The van der Waals surface area contributed by atoms with Gasteiger partial charge in [0.15, 0.2) is 12.4 Å². The number of anilines is 1. The zero-order chi connectivity index (χ0) is 13.5. The first-order valence-electron chi connectivity index (χ1n) is 6.46. The van der Waals surface area contributed by atoms with Gasteiger partial charge in [0.05, 0.1) is 5.69 Å². The summed E-state index contributed by atoms with van der Waals surface area (Å²) in [6.07, 6.45) is 2.75. The Labute approximate surface area is 111 Å². The quantitative estimate of drug-likeness (QED) is 0.803. The summed E-state index contributed by atoms with van der Waals surface area (Å²) >= 11 is 0. The molecule has 2 aliphatic rings. The van der Waals surface area contributed by atoms with E-state index in [0.29, 0.717) is 23.5 Å². The van der Waals surface area contributed by atoms with E-state index in [-0.39, 0.29) is 18.3 Å². The highest BCUT2D eigenvalue weighted by Crippen LogP contribution is 2.43. The highest BCUT2D eigenvalue weighted by Gasteiger charge is 2.43. The first-order valence-corrected chi connectivity index (χ1v) is 6.46. The van der Waals surface area contributed by atoms with E-state index in [1.165, 1.54) is 0 Å². The Bertz CT molecular complexity index is 544. The number of nitrogens with one attached hydrogen (secondary N) is 1. The molecular weight excluding hydrogens is 244 g/mol. The maximum Gasteiger partial charge on any atom is 0.262 e. The lowest BCUT2D eigenvalue weighted by Crippen LogP contribution is -2.44. The van der Waals surface area contributed by atoms with Gasteiger partial charge in [-0.05, 0) is 31.0 Å². The van der Waals surface area contributed by atoms with Gasteiger partial charge in [0.25, 0.3) is 5.91 Å². The van der Waals surface area contributed by atoms with Crippen molar-refractivity contribution in [2.45, 2.75) is 19.3 Å². The number of amides is 1. The van der Waals surface area contributed by atoms with E-state index < -0.39 is 5.41 Å². The van der Waals surface area contributed by atoms with E-state index in [0.717, 1.165) is 19.3 Å². The Kier molecular flexibility index (Phi) is 2.78. The summed E-state index contributed by atoms with van der Waals surface area (Å²) in [6, 6.07) is 5.16. The molecule has 19 heavy (non-hydrogen) atoms. The summed E-state index contributed by atoms with van der Waals surface area (Å²) in [5.41, 5.74) is 6.51. The highest BCUT2D eigenvalue weighted by molar-refractivity contribution is 6.04. The standard InChI is InChI=1S/C14H16N2O3/c15-8-14(4-1-5-14)13(18)9-2-3-11-10(6-9)16-12(17)7-19-11/h2-3,6H,1,4-5,7-8,15H2,(H,16,17). The van der Waals surface area contributed by atoms with Gasteiger partial charge in [-0.3, -0.25) is 9.59 Å². The van der Waals surface area contributed by atoms with E-state index in [4.69, 9.17) is 10.5 Å². The molecule has 1 aromatic carbocycles. The molecule has 5 nitrogen and oxygen atoms in total. The molecule has 1 fully saturated rings. The van der Waals surface area contributed by atoms with Crippen LogP contribution in [0.4, 0.5) is 5.69 Å². The van der Waals surface area contributed by atoms with Crippen LogP contribution in [0.3, 0.4) is 0 Å². The smallest absolute Gasteiger partial charge is 0.262 e. The number of carbonyl (C=O) groups is 2. The number of Topliss-reactive ketones (excluding diaryl/α,β-unsaturated/α-hetero) is 1. The SMILES string of the molecule is NCC1(C(=O)c2ccc3c(c2)NC(=O)CO3)CCC1. The molecule has 3 rings (SSSR count). The molecule has 1 heterocycles. The Morgan fingerprint density at radius 1 is 1.42 bits per heavy atom. The summed E-state index contributed by atoms with van der Waals surface area (Å²) in [5.74, 6) is 0.477. The first-order chi connectivity index (χ1) is 9.14. The van der Waals surface area contributed by atoms with Crippen molar-refractivity contribution in [1.29, 1.82) is 0 Å². The molecule has 1 saturated carbocycles. The predicted octanol–water partition coefficient (Wildman–Crippen LogP) is 1.33. The summed E-state index contributed by atoms with van der Waals surface area (Å²) in [7, 11) is 0. The van der Waals surface area contributed by atoms with Gasteiger partial charge in [-0.1, -0.05) is 6.42 Å². The molecule has 0 aromatic heterocycles. The van der Waals surface area contributed by atoms with Gasteiger partial charge >= 0.3 is 0 Å². The zero-order valence-corrected chi connectivity index (χ0v) is 10.6.